The average Bonchev–Trinajstić information content (AvgIpc) is 1.91. The van der Waals surface area contributed by atoms with Crippen molar-refractivity contribution < 1.29 is 9.53 Å². The Balaban J connectivity index is 0.00000196. The van der Waals surface area contributed by atoms with Crippen molar-refractivity contribution in [1.29, 1.82) is 0 Å². The first kappa shape index (κ1) is 14.5. The van der Waals surface area contributed by atoms with E-state index in [-0.39, 0.29) is 24.5 Å². The molecule has 0 aromatic carbocycles. The molecule has 0 aromatic rings. The molecular weight excluding hydrogens is 216 g/mol. The van der Waals surface area contributed by atoms with Gasteiger partial charge in [-0.1, -0.05) is 0 Å². The normalized spacial score (nSPS) is 24.8. The summed E-state index contributed by atoms with van der Waals surface area (Å²) < 4.78 is 5.14. The van der Waals surface area contributed by atoms with Crippen LogP contribution in [0.25, 0.3) is 0 Å². The molecule has 1 aliphatic carbocycles. The summed E-state index contributed by atoms with van der Waals surface area (Å²) in [7, 11) is 1.94. The molecule has 90 valence electrons. The predicted octanol–water partition coefficient (Wildman–Crippen LogP) is 1.68. The second-order valence-corrected chi connectivity index (χ2v) is 4.80. The number of hydrogen-bond acceptors (Lipinski definition) is 3. The first-order valence-corrected chi connectivity index (χ1v) is 5.07. The van der Waals surface area contributed by atoms with E-state index >= 15 is 0 Å². The van der Waals surface area contributed by atoms with Crippen LogP contribution >= 0.6 is 12.4 Å². The summed E-state index contributed by atoms with van der Waals surface area (Å²) in [6.45, 7) is 5.59. The molecule has 1 aliphatic rings. The fraction of sp³-hybridized carbons (Fsp3) is 0.900. The number of carbonyl (C=O) groups is 1. The summed E-state index contributed by atoms with van der Waals surface area (Å²) in [5.41, 5.74) is -0.407. The number of amides is 1. The van der Waals surface area contributed by atoms with E-state index in [2.05, 4.69) is 10.6 Å². The summed E-state index contributed by atoms with van der Waals surface area (Å²) in [6.07, 6.45) is 1.68. The monoisotopic (exact) mass is 236 g/mol. The van der Waals surface area contributed by atoms with E-state index < -0.39 is 5.60 Å². The molecule has 1 fully saturated rings. The highest BCUT2D eigenvalue weighted by molar-refractivity contribution is 5.85. The molecule has 0 atom stereocenters. The Kier molecular flexibility index (Phi) is 5.38. The first-order chi connectivity index (χ1) is 6.40. The lowest BCUT2D eigenvalue weighted by molar-refractivity contribution is 0.0467. The van der Waals surface area contributed by atoms with Gasteiger partial charge in [-0.2, -0.15) is 0 Å². The van der Waals surface area contributed by atoms with Crippen LogP contribution in [0.3, 0.4) is 0 Å². The minimum Gasteiger partial charge on any atom is -0.444 e. The Morgan fingerprint density at radius 1 is 1.27 bits per heavy atom. The highest BCUT2D eigenvalue weighted by atomic mass is 35.5. The zero-order chi connectivity index (χ0) is 10.8. The Morgan fingerprint density at radius 3 is 2.20 bits per heavy atom. The number of carbonyl (C=O) groups excluding carboxylic acids is 1. The van der Waals surface area contributed by atoms with Crippen molar-refractivity contribution in [2.75, 3.05) is 7.05 Å². The fourth-order valence-electron chi connectivity index (χ4n) is 1.45. The lowest BCUT2D eigenvalue weighted by Crippen LogP contribution is -2.52. The van der Waals surface area contributed by atoms with Gasteiger partial charge in [-0.25, -0.2) is 4.79 Å². The summed E-state index contributed by atoms with van der Waals surface area (Å²) in [5, 5.41) is 6.00. The van der Waals surface area contributed by atoms with Gasteiger partial charge in [0.2, 0.25) is 0 Å². The Bertz CT molecular complexity index is 210. The summed E-state index contributed by atoms with van der Waals surface area (Å²) in [6, 6.07) is 0.831. The van der Waals surface area contributed by atoms with Crippen molar-refractivity contribution >= 4 is 18.5 Å². The summed E-state index contributed by atoms with van der Waals surface area (Å²) >= 11 is 0. The highest BCUT2D eigenvalue weighted by Gasteiger charge is 2.30. The van der Waals surface area contributed by atoms with Crippen LogP contribution < -0.4 is 10.6 Å². The molecule has 0 aromatic heterocycles. The van der Waals surface area contributed by atoms with Crippen LogP contribution in [-0.4, -0.2) is 30.8 Å². The van der Waals surface area contributed by atoms with Gasteiger partial charge >= 0.3 is 6.09 Å². The van der Waals surface area contributed by atoms with Gasteiger partial charge < -0.3 is 15.4 Å². The number of halogens is 1. The van der Waals surface area contributed by atoms with Crippen LogP contribution in [-0.2, 0) is 4.74 Å². The second kappa shape index (κ2) is 5.56. The molecule has 0 unspecified atom stereocenters. The third-order valence-corrected chi connectivity index (χ3v) is 2.27. The van der Waals surface area contributed by atoms with Crippen LogP contribution in [0.1, 0.15) is 33.6 Å². The average molecular weight is 237 g/mol. The molecule has 0 heterocycles. The predicted molar refractivity (Wildman–Crippen MR) is 62.5 cm³/mol. The minimum atomic E-state index is -0.407. The quantitative estimate of drug-likeness (QED) is 0.767. The molecule has 0 aliphatic heterocycles. The molecule has 1 rings (SSSR count). The van der Waals surface area contributed by atoms with Crippen molar-refractivity contribution in [3.63, 3.8) is 0 Å². The smallest absolute Gasteiger partial charge is 0.407 e. The van der Waals surface area contributed by atoms with Gasteiger partial charge in [0, 0.05) is 12.1 Å². The van der Waals surface area contributed by atoms with Crippen molar-refractivity contribution in [2.24, 2.45) is 0 Å². The number of ether oxygens (including phenoxy) is 1. The standard InChI is InChI=1S/C10H20N2O2.ClH/c1-10(2,3)14-9(13)12-8-5-7(6-8)11-4;/h7-8,11H,5-6H2,1-4H3,(H,12,13);1H. The van der Waals surface area contributed by atoms with E-state index in [1.54, 1.807) is 0 Å². The van der Waals surface area contributed by atoms with E-state index in [4.69, 9.17) is 4.74 Å². The Hall–Kier alpha value is -0.480. The van der Waals surface area contributed by atoms with Gasteiger partial charge in [0.25, 0.3) is 0 Å². The lowest BCUT2D eigenvalue weighted by Gasteiger charge is -2.35. The molecular formula is C10H21ClN2O2. The molecule has 2 N–H and O–H groups in total. The van der Waals surface area contributed by atoms with Crippen molar-refractivity contribution in [3.8, 4) is 0 Å². The van der Waals surface area contributed by atoms with Crippen molar-refractivity contribution in [3.05, 3.63) is 0 Å². The van der Waals surface area contributed by atoms with E-state index in [0.29, 0.717) is 6.04 Å². The Morgan fingerprint density at radius 2 is 1.80 bits per heavy atom. The summed E-state index contributed by atoms with van der Waals surface area (Å²) in [4.78, 5) is 11.3. The third kappa shape index (κ3) is 5.23. The molecule has 1 amide bonds. The maximum Gasteiger partial charge on any atom is 0.407 e. The van der Waals surface area contributed by atoms with E-state index in [1.165, 1.54) is 0 Å². The van der Waals surface area contributed by atoms with E-state index in [0.717, 1.165) is 12.8 Å². The third-order valence-electron chi connectivity index (χ3n) is 2.27. The second-order valence-electron chi connectivity index (χ2n) is 4.80. The SMILES string of the molecule is CNC1CC(NC(=O)OC(C)(C)C)C1.Cl. The number of rotatable bonds is 2. The van der Waals surface area contributed by atoms with E-state index in [9.17, 15) is 4.79 Å². The highest BCUT2D eigenvalue weighted by Crippen LogP contribution is 2.19. The van der Waals surface area contributed by atoms with Gasteiger partial charge in [0.05, 0.1) is 0 Å². The fourth-order valence-corrected chi connectivity index (χ4v) is 1.45. The Labute approximate surface area is 97.5 Å². The zero-order valence-electron chi connectivity index (χ0n) is 9.79. The van der Waals surface area contributed by atoms with Crippen LogP contribution in [0.2, 0.25) is 0 Å². The largest absolute Gasteiger partial charge is 0.444 e. The minimum absolute atomic E-state index is 0. The molecule has 15 heavy (non-hydrogen) atoms. The molecule has 1 saturated carbocycles. The van der Waals surface area contributed by atoms with Gasteiger partial charge in [0.1, 0.15) is 5.60 Å². The van der Waals surface area contributed by atoms with Crippen LogP contribution in [0.4, 0.5) is 4.79 Å². The number of hydrogen-bond donors (Lipinski definition) is 2. The summed E-state index contributed by atoms with van der Waals surface area (Å²) in [5.74, 6) is 0. The maximum atomic E-state index is 11.3. The number of alkyl carbamates (subject to hydrolysis) is 1. The van der Waals surface area contributed by atoms with Gasteiger partial charge in [-0.05, 0) is 40.7 Å². The molecule has 0 bridgehead atoms. The van der Waals surface area contributed by atoms with Crippen molar-refractivity contribution in [1.82, 2.24) is 10.6 Å². The van der Waals surface area contributed by atoms with Crippen molar-refractivity contribution in [2.45, 2.75) is 51.3 Å². The molecule has 0 saturated heterocycles. The van der Waals surface area contributed by atoms with Crippen LogP contribution in [0.15, 0.2) is 0 Å². The maximum absolute atomic E-state index is 11.3. The van der Waals surface area contributed by atoms with Crippen LogP contribution in [0, 0.1) is 0 Å². The van der Waals surface area contributed by atoms with Gasteiger partial charge in [-0.15, -0.1) is 12.4 Å². The zero-order valence-corrected chi connectivity index (χ0v) is 10.6. The molecule has 0 radical (unpaired) electrons. The first-order valence-electron chi connectivity index (χ1n) is 5.07. The number of nitrogens with one attached hydrogen (secondary N) is 2. The van der Waals surface area contributed by atoms with Gasteiger partial charge in [0.15, 0.2) is 0 Å². The lowest BCUT2D eigenvalue weighted by atomic mass is 9.87. The van der Waals surface area contributed by atoms with Gasteiger partial charge in [-0.3, -0.25) is 0 Å². The topological polar surface area (TPSA) is 50.4 Å². The molecule has 4 nitrogen and oxygen atoms in total. The van der Waals surface area contributed by atoms with E-state index in [1.807, 2.05) is 27.8 Å². The van der Waals surface area contributed by atoms with Crippen LogP contribution in [0.5, 0.6) is 0 Å². The molecule has 5 heteroatoms. The molecule has 0 spiro atoms.